The summed E-state index contributed by atoms with van der Waals surface area (Å²) in [5.74, 6) is 1.34. The van der Waals surface area contributed by atoms with Crippen LogP contribution in [0, 0.1) is 20.9 Å². The summed E-state index contributed by atoms with van der Waals surface area (Å²) in [6, 6.07) is 4.41. The third-order valence-corrected chi connectivity index (χ3v) is 5.88. The highest BCUT2D eigenvalue weighted by molar-refractivity contribution is 14.1. The summed E-state index contributed by atoms with van der Waals surface area (Å²) in [6.45, 7) is 0. The summed E-state index contributed by atoms with van der Waals surface area (Å²) in [6.07, 6.45) is 12.2. The third kappa shape index (κ3) is 2.97. The van der Waals surface area contributed by atoms with Crippen LogP contribution in [0.4, 0.5) is 0 Å². The van der Waals surface area contributed by atoms with Gasteiger partial charge in [0.05, 0.1) is 48.4 Å². The molecule has 9 heteroatoms. The monoisotopic (exact) mass is 484 g/mol. The largest absolute Gasteiger partial charge is 0.275 e. The Kier molecular flexibility index (Phi) is 4.16. The topological polar surface area (TPSA) is 89.6 Å². The van der Waals surface area contributed by atoms with E-state index in [1.807, 2.05) is 47.0 Å². The Balaban J connectivity index is 1.64. The van der Waals surface area contributed by atoms with E-state index < -0.39 is 0 Å². The van der Waals surface area contributed by atoms with Gasteiger partial charge in [0, 0.05) is 31.1 Å². The van der Waals surface area contributed by atoms with Crippen molar-refractivity contribution < 1.29 is 0 Å². The number of hydrogen-bond donors (Lipinski definition) is 0. The minimum absolute atomic E-state index is 0.137. The van der Waals surface area contributed by atoms with Crippen molar-refractivity contribution in [3.05, 3.63) is 40.8 Å². The molecule has 1 unspecified atom stereocenters. The highest BCUT2D eigenvalue weighted by atomic mass is 127. The number of fused-ring (bicyclic) bond motifs is 1. The molecule has 0 saturated heterocycles. The van der Waals surface area contributed by atoms with Crippen LogP contribution in [0.1, 0.15) is 25.3 Å². The van der Waals surface area contributed by atoms with Crippen LogP contribution in [-0.4, -0.2) is 33.9 Å². The number of nitriles is 1. The molecule has 1 fully saturated rings. The Bertz CT molecular complexity index is 1210. The van der Waals surface area contributed by atoms with Gasteiger partial charge in [0.15, 0.2) is 0 Å². The molecule has 0 aliphatic heterocycles. The first-order chi connectivity index (χ1) is 13.6. The molecule has 4 heterocycles. The van der Waals surface area contributed by atoms with E-state index in [0.717, 1.165) is 32.0 Å². The molecule has 1 aliphatic rings. The fourth-order valence-electron chi connectivity index (χ4n) is 3.56. The molecular weight excluding hydrogens is 467 g/mol. The van der Waals surface area contributed by atoms with E-state index in [-0.39, 0.29) is 6.04 Å². The maximum Gasteiger partial charge on any atom is 0.150 e. The van der Waals surface area contributed by atoms with Crippen molar-refractivity contribution in [2.45, 2.75) is 25.3 Å². The van der Waals surface area contributed by atoms with Gasteiger partial charge in [-0.2, -0.15) is 15.5 Å². The second-order valence-electron chi connectivity index (χ2n) is 7.12. The summed E-state index contributed by atoms with van der Waals surface area (Å²) in [7, 11) is 1.89. The number of imidazole rings is 1. The molecule has 1 atom stereocenters. The summed E-state index contributed by atoms with van der Waals surface area (Å²) < 4.78 is 6.70. The van der Waals surface area contributed by atoms with Crippen LogP contribution in [0.15, 0.2) is 37.1 Å². The molecule has 4 aromatic heterocycles. The first-order valence-corrected chi connectivity index (χ1v) is 10.2. The normalized spacial score (nSPS) is 15.0. The van der Waals surface area contributed by atoms with Crippen LogP contribution < -0.4 is 0 Å². The number of aromatic nitrogens is 7. The zero-order valence-electron chi connectivity index (χ0n) is 15.2. The van der Waals surface area contributed by atoms with Gasteiger partial charge in [-0.3, -0.25) is 13.8 Å². The van der Waals surface area contributed by atoms with Gasteiger partial charge >= 0.3 is 0 Å². The predicted molar refractivity (Wildman–Crippen MR) is 111 cm³/mol. The van der Waals surface area contributed by atoms with E-state index in [2.05, 4.69) is 43.8 Å². The molecule has 5 rings (SSSR count). The minimum atomic E-state index is 0.137. The zero-order chi connectivity index (χ0) is 19.3. The number of aryl methyl sites for hydroxylation is 1. The lowest BCUT2D eigenvalue weighted by Gasteiger charge is -2.12. The van der Waals surface area contributed by atoms with Crippen molar-refractivity contribution in [1.29, 1.82) is 5.26 Å². The molecule has 140 valence electrons. The Hall–Kier alpha value is -2.74. The van der Waals surface area contributed by atoms with Crippen LogP contribution >= 0.6 is 22.6 Å². The van der Waals surface area contributed by atoms with Gasteiger partial charge in [-0.25, -0.2) is 9.97 Å². The van der Waals surface area contributed by atoms with E-state index in [1.165, 1.54) is 12.8 Å². The maximum absolute atomic E-state index is 9.19. The SMILES string of the molecule is Cn1cc(-c2cc3ncc(I)n3c(-c3cnn(C(CC#N)C4CC4)c3)n2)cn1. The van der Waals surface area contributed by atoms with E-state index in [0.29, 0.717) is 12.3 Å². The second-order valence-corrected chi connectivity index (χ2v) is 8.22. The molecule has 28 heavy (non-hydrogen) atoms. The average Bonchev–Trinajstić information content (AvgIpc) is 3.07. The van der Waals surface area contributed by atoms with E-state index in [9.17, 15) is 5.26 Å². The van der Waals surface area contributed by atoms with Crippen molar-refractivity contribution in [2.75, 3.05) is 0 Å². The van der Waals surface area contributed by atoms with Gasteiger partial charge in [0.2, 0.25) is 0 Å². The molecule has 1 aliphatic carbocycles. The van der Waals surface area contributed by atoms with Crippen molar-refractivity contribution in [2.24, 2.45) is 13.0 Å². The summed E-state index contributed by atoms with van der Waals surface area (Å²) in [5, 5.41) is 18.0. The smallest absolute Gasteiger partial charge is 0.150 e. The average molecular weight is 484 g/mol. The Morgan fingerprint density at radius 1 is 1.21 bits per heavy atom. The summed E-state index contributed by atoms with van der Waals surface area (Å²) in [4.78, 5) is 9.44. The molecule has 0 spiro atoms. The van der Waals surface area contributed by atoms with Crippen LogP contribution in [0.25, 0.3) is 28.3 Å². The highest BCUT2D eigenvalue weighted by Gasteiger charge is 2.33. The number of nitrogens with zero attached hydrogens (tertiary/aromatic N) is 8. The lowest BCUT2D eigenvalue weighted by atomic mass is 10.1. The van der Waals surface area contributed by atoms with Crippen LogP contribution in [-0.2, 0) is 7.05 Å². The van der Waals surface area contributed by atoms with E-state index in [1.54, 1.807) is 10.9 Å². The zero-order valence-corrected chi connectivity index (χ0v) is 17.4. The lowest BCUT2D eigenvalue weighted by Crippen LogP contribution is -2.11. The van der Waals surface area contributed by atoms with Crippen molar-refractivity contribution >= 4 is 28.2 Å². The third-order valence-electron chi connectivity index (χ3n) is 5.12. The van der Waals surface area contributed by atoms with Crippen molar-refractivity contribution in [3.63, 3.8) is 0 Å². The fourth-order valence-corrected chi connectivity index (χ4v) is 4.17. The Morgan fingerprint density at radius 2 is 2.04 bits per heavy atom. The molecule has 0 aromatic carbocycles. The van der Waals surface area contributed by atoms with Crippen LogP contribution in [0.2, 0.25) is 0 Å². The lowest BCUT2D eigenvalue weighted by molar-refractivity contribution is 0.412. The van der Waals surface area contributed by atoms with Crippen molar-refractivity contribution in [3.8, 4) is 28.7 Å². The molecule has 0 N–H and O–H groups in total. The molecule has 0 radical (unpaired) electrons. The molecule has 4 aromatic rings. The van der Waals surface area contributed by atoms with Crippen LogP contribution in [0.3, 0.4) is 0 Å². The molecule has 8 nitrogen and oxygen atoms in total. The number of rotatable bonds is 5. The number of hydrogen-bond acceptors (Lipinski definition) is 5. The van der Waals surface area contributed by atoms with E-state index in [4.69, 9.17) is 4.98 Å². The Labute approximate surface area is 175 Å². The Morgan fingerprint density at radius 3 is 2.75 bits per heavy atom. The summed E-state index contributed by atoms with van der Waals surface area (Å²) in [5.41, 5.74) is 3.50. The number of halogens is 1. The van der Waals surface area contributed by atoms with Crippen molar-refractivity contribution in [1.82, 2.24) is 33.9 Å². The molecule has 0 amide bonds. The first-order valence-electron chi connectivity index (χ1n) is 9.08. The molecule has 1 saturated carbocycles. The van der Waals surface area contributed by atoms with E-state index >= 15 is 0 Å². The van der Waals surface area contributed by atoms with Crippen LogP contribution in [0.5, 0.6) is 0 Å². The van der Waals surface area contributed by atoms with Gasteiger partial charge in [0.25, 0.3) is 0 Å². The van der Waals surface area contributed by atoms with Gasteiger partial charge in [-0.1, -0.05) is 0 Å². The van der Waals surface area contributed by atoms with Gasteiger partial charge in [0.1, 0.15) is 15.2 Å². The quantitative estimate of drug-likeness (QED) is 0.405. The second kappa shape index (κ2) is 6.70. The highest BCUT2D eigenvalue weighted by Crippen LogP contribution is 2.41. The standard InChI is InChI=1S/C19H17IN8/c1-26-10-13(7-23-26)15-6-18-22-9-17(20)28(18)19(25-15)14-8-24-27(11-14)16(4-5-21)12-2-3-12/h6-12,16H,2-4H2,1H3. The molecular formula is C19H17IN8. The maximum atomic E-state index is 9.19. The first kappa shape index (κ1) is 17.4. The van der Waals surface area contributed by atoms with Gasteiger partial charge in [-0.05, 0) is 41.4 Å². The fraction of sp³-hybridized carbons (Fsp3) is 0.316. The van der Waals surface area contributed by atoms with Gasteiger partial charge < -0.3 is 0 Å². The predicted octanol–water partition coefficient (Wildman–Crippen LogP) is 3.46. The molecule has 0 bridgehead atoms. The minimum Gasteiger partial charge on any atom is -0.275 e. The van der Waals surface area contributed by atoms with Gasteiger partial charge in [-0.15, -0.1) is 0 Å². The summed E-state index contributed by atoms with van der Waals surface area (Å²) >= 11 is 2.26.